The van der Waals surface area contributed by atoms with Gasteiger partial charge in [0.15, 0.2) is 0 Å². The summed E-state index contributed by atoms with van der Waals surface area (Å²) in [7, 11) is 0. The fraction of sp³-hybridized carbons (Fsp3) is 0.333. The predicted octanol–water partition coefficient (Wildman–Crippen LogP) is 3.14. The molecule has 2 aliphatic rings. The Hall–Kier alpha value is -2.74. The minimum absolute atomic E-state index is 0.0494. The fourth-order valence-corrected chi connectivity index (χ4v) is 4.62. The van der Waals surface area contributed by atoms with Gasteiger partial charge in [-0.2, -0.15) is 0 Å². The highest BCUT2D eigenvalue weighted by molar-refractivity contribution is 6.31. The van der Waals surface area contributed by atoms with Crippen LogP contribution in [0.3, 0.4) is 0 Å². The molecule has 6 nitrogen and oxygen atoms in total. The van der Waals surface area contributed by atoms with Crippen LogP contribution in [0.5, 0.6) is 0 Å². The van der Waals surface area contributed by atoms with E-state index in [1.165, 1.54) is 19.1 Å². The Labute approximate surface area is 192 Å². The van der Waals surface area contributed by atoms with Gasteiger partial charge in [-0.25, -0.2) is 4.39 Å². The molecule has 168 valence electrons. The van der Waals surface area contributed by atoms with E-state index >= 15 is 0 Å². The lowest BCUT2D eigenvalue weighted by Crippen LogP contribution is -2.68. The maximum absolute atomic E-state index is 13.2. The molecule has 2 bridgehead atoms. The smallest absolute Gasteiger partial charge is 0.247 e. The molecule has 2 unspecified atom stereocenters. The third-order valence-corrected chi connectivity index (χ3v) is 6.03. The molecule has 2 heterocycles. The molecule has 0 spiro atoms. The number of piperazine rings is 2. The van der Waals surface area contributed by atoms with Crippen LogP contribution in [-0.2, 0) is 16.1 Å². The lowest BCUT2D eigenvalue weighted by atomic mass is 10.0. The number of halogens is 2. The predicted molar refractivity (Wildman–Crippen MR) is 124 cm³/mol. The number of rotatable bonds is 5. The second kappa shape index (κ2) is 9.81. The SMILES string of the molecule is CC(=O)Nc1cc(Cl)ccc1C=CC(=O)N1C2CNCC1CN(Cc1ccc(F)cc1)C2. The van der Waals surface area contributed by atoms with Crippen LogP contribution >= 0.6 is 11.6 Å². The Morgan fingerprint density at radius 2 is 1.84 bits per heavy atom. The van der Waals surface area contributed by atoms with Crippen molar-refractivity contribution < 1.29 is 14.0 Å². The van der Waals surface area contributed by atoms with Gasteiger partial charge in [-0.05, 0) is 41.5 Å². The fourth-order valence-electron chi connectivity index (χ4n) is 4.44. The summed E-state index contributed by atoms with van der Waals surface area (Å²) in [6.07, 6.45) is 3.29. The maximum atomic E-state index is 13.2. The molecule has 32 heavy (non-hydrogen) atoms. The van der Waals surface area contributed by atoms with E-state index in [-0.39, 0.29) is 29.7 Å². The van der Waals surface area contributed by atoms with Crippen molar-refractivity contribution in [3.05, 3.63) is 70.5 Å². The van der Waals surface area contributed by atoms with E-state index in [1.807, 2.05) is 17.0 Å². The first-order valence-corrected chi connectivity index (χ1v) is 11.0. The van der Waals surface area contributed by atoms with Gasteiger partial charge in [-0.15, -0.1) is 0 Å². The number of carbonyl (C=O) groups excluding carboxylic acids is 2. The minimum Gasteiger partial charge on any atom is -0.328 e. The van der Waals surface area contributed by atoms with Gasteiger partial charge in [-0.3, -0.25) is 14.5 Å². The van der Waals surface area contributed by atoms with E-state index in [4.69, 9.17) is 11.6 Å². The summed E-state index contributed by atoms with van der Waals surface area (Å²) in [6, 6.07) is 11.9. The highest BCUT2D eigenvalue weighted by Crippen LogP contribution is 2.24. The summed E-state index contributed by atoms with van der Waals surface area (Å²) < 4.78 is 13.2. The number of fused-ring (bicyclic) bond motifs is 2. The van der Waals surface area contributed by atoms with Crippen molar-refractivity contribution in [2.24, 2.45) is 0 Å². The van der Waals surface area contributed by atoms with E-state index in [1.54, 1.807) is 30.4 Å². The molecule has 8 heteroatoms. The van der Waals surface area contributed by atoms with Gasteiger partial charge in [0.05, 0.1) is 12.1 Å². The number of benzene rings is 2. The lowest BCUT2D eigenvalue weighted by Gasteiger charge is -2.50. The van der Waals surface area contributed by atoms with Crippen LogP contribution in [0.15, 0.2) is 48.5 Å². The first kappa shape index (κ1) is 22.5. The second-order valence-corrected chi connectivity index (χ2v) is 8.71. The van der Waals surface area contributed by atoms with Gasteiger partial charge >= 0.3 is 0 Å². The van der Waals surface area contributed by atoms with Crippen LogP contribution in [0, 0.1) is 5.82 Å². The topological polar surface area (TPSA) is 64.7 Å². The van der Waals surface area contributed by atoms with Crippen molar-refractivity contribution in [1.82, 2.24) is 15.1 Å². The van der Waals surface area contributed by atoms with E-state index in [2.05, 4.69) is 15.5 Å². The lowest BCUT2D eigenvalue weighted by molar-refractivity contribution is -0.136. The maximum Gasteiger partial charge on any atom is 0.247 e. The van der Waals surface area contributed by atoms with Crippen molar-refractivity contribution in [2.45, 2.75) is 25.6 Å². The zero-order chi connectivity index (χ0) is 22.7. The number of hydrogen-bond donors (Lipinski definition) is 2. The quantitative estimate of drug-likeness (QED) is 0.678. The van der Waals surface area contributed by atoms with Gasteiger partial charge in [-0.1, -0.05) is 29.8 Å². The van der Waals surface area contributed by atoms with E-state index < -0.39 is 0 Å². The van der Waals surface area contributed by atoms with Crippen molar-refractivity contribution in [2.75, 3.05) is 31.5 Å². The highest BCUT2D eigenvalue weighted by atomic mass is 35.5. The largest absolute Gasteiger partial charge is 0.328 e. The van der Waals surface area contributed by atoms with Crippen LogP contribution in [0.1, 0.15) is 18.1 Å². The zero-order valence-corrected chi connectivity index (χ0v) is 18.6. The van der Waals surface area contributed by atoms with E-state index in [9.17, 15) is 14.0 Å². The number of amides is 2. The number of anilines is 1. The average Bonchev–Trinajstić information content (AvgIpc) is 2.73. The molecule has 2 aromatic rings. The molecule has 0 aromatic heterocycles. The van der Waals surface area contributed by atoms with E-state index in [0.717, 1.165) is 43.9 Å². The van der Waals surface area contributed by atoms with Gasteiger partial charge in [0.2, 0.25) is 11.8 Å². The molecular formula is C24H26ClFN4O2. The zero-order valence-electron chi connectivity index (χ0n) is 17.9. The van der Waals surface area contributed by atoms with Gasteiger partial charge in [0.1, 0.15) is 5.82 Å². The summed E-state index contributed by atoms with van der Waals surface area (Å²) in [6.45, 7) is 5.12. The minimum atomic E-state index is -0.237. The number of hydrogen-bond acceptors (Lipinski definition) is 4. The number of nitrogens with zero attached hydrogens (tertiary/aromatic N) is 2. The first-order valence-electron chi connectivity index (χ1n) is 10.6. The number of nitrogens with one attached hydrogen (secondary N) is 2. The molecule has 4 rings (SSSR count). The van der Waals surface area contributed by atoms with E-state index in [0.29, 0.717) is 10.7 Å². The van der Waals surface area contributed by atoms with Crippen molar-refractivity contribution in [3.8, 4) is 0 Å². The molecular weight excluding hydrogens is 431 g/mol. The molecule has 2 amide bonds. The van der Waals surface area contributed by atoms with Gasteiger partial charge in [0, 0.05) is 56.4 Å². The highest BCUT2D eigenvalue weighted by Gasteiger charge is 2.39. The molecule has 2 aliphatic heterocycles. The second-order valence-electron chi connectivity index (χ2n) is 8.28. The first-order chi connectivity index (χ1) is 15.4. The van der Waals surface area contributed by atoms with Gasteiger partial charge in [0.25, 0.3) is 0 Å². The van der Waals surface area contributed by atoms with Crippen LogP contribution in [-0.4, -0.2) is 59.9 Å². The summed E-state index contributed by atoms with van der Waals surface area (Å²) in [5.41, 5.74) is 2.35. The Kier molecular flexibility index (Phi) is 6.89. The van der Waals surface area contributed by atoms with Crippen molar-refractivity contribution in [3.63, 3.8) is 0 Å². The molecule has 0 saturated carbocycles. The summed E-state index contributed by atoms with van der Waals surface area (Å²) in [5.74, 6) is -0.489. The molecule has 2 N–H and O–H groups in total. The Morgan fingerprint density at radius 3 is 2.50 bits per heavy atom. The van der Waals surface area contributed by atoms with Crippen molar-refractivity contribution >= 4 is 35.2 Å². The Balaban J connectivity index is 1.45. The van der Waals surface area contributed by atoms with Crippen LogP contribution in [0.25, 0.3) is 6.08 Å². The average molecular weight is 457 g/mol. The molecule has 2 aromatic carbocycles. The van der Waals surface area contributed by atoms with Gasteiger partial charge < -0.3 is 15.5 Å². The molecule has 0 radical (unpaired) electrons. The van der Waals surface area contributed by atoms with Crippen LogP contribution in [0.4, 0.5) is 10.1 Å². The molecule has 2 fully saturated rings. The molecule has 2 saturated heterocycles. The number of carbonyl (C=O) groups is 2. The Morgan fingerprint density at radius 1 is 1.16 bits per heavy atom. The monoisotopic (exact) mass is 456 g/mol. The standard InChI is InChI=1S/C24H26ClFN4O2/c1-16(31)28-23-10-19(25)6-4-18(23)5-9-24(32)30-21-11-27-12-22(30)15-29(14-21)13-17-2-7-20(26)8-3-17/h2-10,21-22,27H,11-15H2,1H3,(H,28,31). The third kappa shape index (κ3) is 5.35. The van der Waals surface area contributed by atoms with Crippen molar-refractivity contribution in [1.29, 1.82) is 0 Å². The summed E-state index contributed by atoms with van der Waals surface area (Å²) in [4.78, 5) is 28.9. The molecule has 0 aliphatic carbocycles. The van der Waals surface area contributed by atoms with Crippen LogP contribution < -0.4 is 10.6 Å². The van der Waals surface area contributed by atoms with Crippen LogP contribution in [0.2, 0.25) is 5.02 Å². The summed E-state index contributed by atoms with van der Waals surface area (Å²) >= 11 is 6.05. The summed E-state index contributed by atoms with van der Waals surface area (Å²) in [5, 5.41) is 6.68. The molecule has 2 atom stereocenters. The third-order valence-electron chi connectivity index (χ3n) is 5.79. The normalized spacial score (nSPS) is 21.0. The Bertz CT molecular complexity index is 1010.